The number of carbonyl (C=O) groups is 1. The van der Waals surface area contributed by atoms with E-state index in [1.54, 1.807) is 24.9 Å². The van der Waals surface area contributed by atoms with Gasteiger partial charge in [-0.05, 0) is 60.6 Å². The first kappa shape index (κ1) is 25.1. The van der Waals surface area contributed by atoms with E-state index in [0.717, 1.165) is 22.4 Å². The van der Waals surface area contributed by atoms with Gasteiger partial charge in [-0.3, -0.25) is 14.5 Å². The zero-order valence-corrected chi connectivity index (χ0v) is 21.1. The van der Waals surface area contributed by atoms with Gasteiger partial charge in [-0.2, -0.15) is 0 Å². The van der Waals surface area contributed by atoms with Gasteiger partial charge in [0.15, 0.2) is 0 Å². The fourth-order valence-electron chi connectivity index (χ4n) is 4.11. The molecule has 0 bridgehead atoms. The van der Waals surface area contributed by atoms with Gasteiger partial charge in [-0.15, -0.1) is 0 Å². The van der Waals surface area contributed by atoms with E-state index >= 15 is 0 Å². The number of amides is 1. The van der Waals surface area contributed by atoms with Crippen molar-refractivity contribution in [2.75, 3.05) is 5.01 Å². The summed E-state index contributed by atoms with van der Waals surface area (Å²) in [5.41, 5.74) is 6.67. The number of hydrogen-bond donors (Lipinski definition) is 3. The highest BCUT2D eigenvalue weighted by Gasteiger charge is 2.36. The molecular formula is C26H35N3O3S. The van der Waals surface area contributed by atoms with E-state index in [4.69, 9.17) is 0 Å². The lowest BCUT2D eigenvalue weighted by Gasteiger charge is -2.30. The van der Waals surface area contributed by atoms with Gasteiger partial charge in [0.1, 0.15) is 22.0 Å². The normalized spacial score (nSPS) is 17.4. The lowest BCUT2D eigenvalue weighted by Crippen LogP contribution is -2.46. The molecule has 1 aliphatic heterocycles. The highest BCUT2D eigenvalue weighted by Crippen LogP contribution is 2.30. The van der Waals surface area contributed by atoms with Crippen molar-refractivity contribution < 1.29 is 14.1 Å². The van der Waals surface area contributed by atoms with Gasteiger partial charge in [0.05, 0.1) is 17.8 Å². The van der Waals surface area contributed by atoms with Crippen LogP contribution in [-0.4, -0.2) is 26.2 Å². The number of hydrogen-bond acceptors (Lipinski definition) is 5. The summed E-state index contributed by atoms with van der Waals surface area (Å²) in [6, 6.07) is 15.6. The quantitative estimate of drug-likeness (QED) is 0.538. The molecule has 2 unspecified atom stereocenters. The van der Waals surface area contributed by atoms with Gasteiger partial charge >= 0.3 is 0 Å². The van der Waals surface area contributed by atoms with Gasteiger partial charge in [0.2, 0.25) is 5.91 Å². The van der Waals surface area contributed by atoms with Gasteiger partial charge in [-0.25, -0.2) is 9.63 Å². The van der Waals surface area contributed by atoms with Crippen molar-refractivity contribution in [1.82, 2.24) is 10.1 Å². The summed E-state index contributed by atoms with van der Waals surface area (Å²) in [5, 5.41) is 11.7. The smallest absolute Gasteiger partial charge is 0.236 e. The van der Waals surface area contributed by atoms with Gasteiger partial charge in [0, 0.05) is 0 Å². The number of benzene rings is 2. The third-order valence-corrected chi connectivity index (χ3v) is 6.85. The Kier molecular flexibility index (Phi) is 7.77. The Morgan fingerprint density at radius 1 is 1.06 bits per heavy atom. The monoisotopic (exact) mass is 469 g/mol. The number of anilines is 1. The second kappa shape index (κ2) is 10.2. The van der Waals surface area contributed by atoms with Crippen LogP contribution < -0.4 is 15.2 Å². The molecule has 0 radical (unpaired) electrons. The second-order valence-electron chi connectivity index (χ2n) is 9.56. The molecule has 6 nitrogen and oxygen atoms in total. The summed E-state index contributed by atoms with van der Waals surface area (Å²) in [6.07, 6.45) is 1.88. The van der Waals surface area contributed by atoms with E-state index in [1.807, 2.05) is 36.4 Å². The van der Waals surface area contributed by atoms with Crippen LogP contribution in [-0.2, 0) is 22.2 Å². The van der Waals surface area contributed by atoms with Crippen LogP contribution in [0.4, 0.5) is 5.69 Å². The minimum atomic E-state index is -1.72. The van der Waals surface area contributed by atoms with E-state index in [2.05, 4.69) is 50.0 Å². The van der Waals surface area contributed by atoms with Crippen LogP contribution in [0.25, 0.3) is 0 Å². The molecule has 3 rings (SSSR count). The Bertz CT molecular complexity index is 1020. The fourth-order valence-corrected chi connectivity index (χ4v) is 4.99. The molecule has 1 aliphatic rings. The lowest BCUT2D eigenvalue weighted by atomic mass is 9.87. The van der Waals surface area contributed by atoms with Crippen LogP contribution in [0.5, 0.6) is 0 Å². The SMILES string of the molecule is CC(C)c1cccc(C(C)C)c1CC(=O)NS(=O)C1C=C(C(C)(C)O)N(c2ccccc2)N1. The summed E-state index contributed by atoms with van der Waals surface area (Å²) in [6.45, 7) is 11.8. The summed E-state index contributed by atoms with van der Waals surface area (Å²) in [4.78, 5) is 12.9. The Labute approximate surface area is 199 Å². The van der Waals surface area contributed by atoms with Gasteiger partial charge in [0.25, 0.3) is 0 Å². The molecule has 0 aromatic heterocycles. The average molecular weight is 470 g/mol. The molecule has 7 heteroatoms. The average Bonchev–Trinajstić information content (AvgIpc) is 3.20. The summed E-state index contributed by atoms with van der Waals surface area (Å²) >= 11 is 0. The number of carbonyl (C=O) groups excluding carboxylic acids is 1. The van der Waals surface area contributed by atoms with Crippen LogP contribution in [0.2, 0.25) is 0 Å². The number of rotatable bonds is 8. The van der Waals surface area contributed by atoms with Gasteiger partial charge < -0.3 is 5.11 Å². The fraction of sp³-hybridized carbons (Fsp3) is 0.423. The number of aliphatic hydroxyl groups is 1. The van der Waals surface area contributed by atoms with Crippen molar-refractivity contribution in [2.24, 2.45) is 0 Å². The molecule has 178 valence electrons. The van der Waals surface area contributed by atoms with E-state index in [9.17, 15) is 14.1 Å². The van der Waals surface area contributed by atoms with Crippen molar-refractivity contribution in [2.45, 2.75) is 70.8 Å². The molecule has 2 aromatic carbocycles. The van der Waals surface area contributed by atoms with Crippen molar-refractivity contribution >= 4 is 22.6 Å². The molecule has 33 heavy (non-hydrogen) atoms. The Morgan fingerprint density at radius 2 is 1.64 bits per heavy atom. The first-order valence-corrected chi connectivity index (χ1v) is 12.6. The van der Waals surface area contributed by atoms with Crippen LogP contribution in [0.1, 0.15) is 70.1 Å². The standard InChI is InChI=1S/C26H35N3O3S/c1-17(2)20-13-10-14-21(18(3)4)22(20)15-24(30)28-33(32)25-16-23(26(5,6)31)29(27-25)19-11-8-7-9-12-19/h7-14,16-18,25,27,31H,15H2,1-6H3,(H,28,30). The second-order valence-corrected chi connectivity index (χ2v) is 10.9. The summed E-state index contributed by atoms with van der Waals surface area (Å²) in [7, 11) is -1.72. The third kappa shape index (κ3) is 5.91. The van der Waals surface area contributed by atoms with Crippen LogP contribution >= 0.6 is 0 Å². The lowest BCUT2D eigenvalue weighted by molar-refractivity contribution is -0.118. The Morgan fingerprint density at radius 3 is 2.15 bits per heavy atom. The molecule has 0 saturated heterocycles. The highest BCUT2D eigenvalue weighted by molar-refractivity contribution is 7.84. The minimum Gasteiger partial charge on any atom is -0.384 e. The molecule has 3 N–H and O–H groups in total. The molecule has 2 aromatic rings. The Hall–Kier alpha value is -2.48. The first-order valence-electron chi connectivity index (χ1n) is 11.4. The summed E-state index contributed by atoms with van der Waals surface area (Å²) < 4.78 is 15.8. The van der Waals surface area contributed by atoms with E-state index in [1.165, 1.54) is 0 Å². The van der Waals surface area contributed by atoms with Crippen LogP contribution in [0.15, 0.2) is 60.3 Å². The zero-order valence-electron chi connectivity index (χ0n) is 20.3. The number of nitrogens with zero attached hydrogens (tertiary/aromatic N) is 1. The van der Waals surface area contributed by atoms with Gasteiger partial charge in [-0.1, -0.05) is 64.1 Å². The predicted molar refractivity (Wildman–Crippen MR) is 135 cm³/mol. The maximum Gasteiger partial charge on any atom is 0.236 e. The highest BCUT2D eigenvalue weighted by atomic mass is 32.2. The van der Waals surface area contributed by atoms with E-state index < -0.39 is 22.0 Å². The molecule has 2 atom stereocenters. The van der Waals surface area contributed by atoms with E-state index in [-0.39, 0.29) is 24.2 Å². The molecule has 0 spiro atoms. The molecule has 0 saturated carbocycles. The number of para-hydroxylation sites is 1. The maximum absolute atomic E-state index is 13.1. The zero-order chi connectivity index (χ0) is 24.3. The Balaban J connectivity index is 1.78. The largest absolute Gasteiger partial charge is 0.384 e. The number of nitrogens with one attached hydrogen (secondary N) is 2. The summed E-state index contributed by atoms with van der Waals surface area (Å²) in [5.74, 6) is 0.275. The van der Waals surface area contributed by atoms with Crippen molar-refractivity contribution in [3.05, 3.63) is 77.0 Å². The molecule has 0 aliphatic carbocycles. The minimum absolute atomic E-state index is 0.171. The van der Waals surface area contributed by atoms with Crippen molar-refractivity contribution in [1.29, 1.82) is 0 Å². The number of hydrazine groups is 1. The molecular weight excluding hydrogens is 434 g/mol. The van der Waals surface area contributed by atoms with E-state index in [0.29, 0.717) is 5.70 Å². The van der Waals surface area contributed by atoms with Crippen LogP contribution in [0.3, 0.4) is 0 Å². The maximum atomic E-state index is 13.1. The van der Waals surface area contributed by atoms with Crippen molar-refractivity contribution in [3.63, 3.8) is 0 Å². The predicted octanol–water partition coefficient (Wildman–Crippen LogP) is 4.26. The third-order valence-electron chi connectivity index (χ3n) is 5.72. The topological polar surface area (TPSA) is 81.7 Å². The molecule has 1 amide bonds. The molecule has 1 heterocycles. The molecule has 0 fully saturated rings. The first-order chi connectivity index (χ1) is 15.5. The van der Waals surface area contributed by atoms with Crippen molar-refractivity contribution in [3.8, 4) is 0 Å². The van der Waals surface area contributed by atoms with Crippen LogP contribution in [0, 0.1) is 0 Å².